The molecule has 0 aromatic heterocycles. The van der Waals surface area contributed by atoms with Gasteiger partial charge in [-0.15, -0.1) is 0 Å². The number of hydrogen-bond acceptors (Lipinski definition) is 2. The van der Waals surface area contributed by atoms with E-state index in [1.165, 1.54) is 12.1 Å². The van der Waals surface area contributed by atoms with E-state index in [2.05, 4.69) is 13.8 Å². The highest BCUT2D eigenvalue weighted by Crippen LogP contribution is 2.23. The number of nitro groups is 1. The molecule has 0 N–H and O–H groups in total. The molecule has 0 bridgehead atoms. The zero-order valence-electron chi connectivity index (χ0n) is 10.1. The molecule has 0 spiro atoms. The summed E-state index contributed by atoms with van der Waals surface area (Å²) in [5, 5.41) is 10.6. The normalized spacial score (nSPS) is 12.7. The second kappa shape index (κ2) is 6.33. The van der Waals surface area contributed by atoms with Crippen LogP contribution < -0.4 is 0 Å². The van der Waals surface area contributed by atoms with Crippen molar-refractivity contribution < 1.29 is 9.31 Å². The minimum Gasteiger partial charge on any atom is -0.265 e. The second-order valence-electron chi connectivity index (χ2n) is 4.54. The molecule has 17 heavy (non-hydrogen) atoms. The predicted octanol–water partition coefficient (Wildman–Crippen LogP) is 3.44. The molecule has 0 saturated heterocycles. The molecule has 0 saturated carbocycles. The third-order valence-electron chi connectivity index (χ3n) is 2.54. The van der Waals surface area contributed by atoms with E-state index < -0.39 is 0 Å². The van der Waals surface area contributed by atoms with Crippen LogP contribution in [0.15, 0.2) is 24.3 Å². The van der Waals surface area contributed by atoms with Crippen molar-refractivity contribution in [2.75, 3.05) is 6.54 Å². The maximum absolute atomic E-state index is 12.8. The van der Waals surface area contributed by atoms with Gasteiger partial charge in [0.15, 0.2) is 0 Å². The standard InChI is InChI=1S/C13H17FNO2/c1-10(2)3-4-12(9-15(16)17)11-5-7-13(14)8-6-11/h4-8,10,12H,3,9H2,1-2H3. The molecule has 0 aliphatic rings. The average molecular weight is 238 g/mol. The van der Waals surface area contributed by atoms with Crippen molar-refractivity contribution in [3.05, 3.63) is 52.2 Å². The van der Waals surface area contributed by atoms with E-state index >= 15 is 0 Å². The first-order valence-corrected chi connectivity index (χ1v) is 5.69. The summed E-state index contributed by atoms with van der Waals surface area (Å²) in [6.07, 6.45) is 2.76. The van der Waals surface area contributed by atoms with Gasteiger partial charge in [-0.3, -0.25) is 10.1 Å². The molecule has 0 aliphatic heterocycles. The van der Waals surface area contributed by atoms with Crippen LogP contribution in [0.1, 0.15) is 31.7 Å². The van der Waals surface area contributed by atoms with Crippen LogP contribution in [-0.2, 0) is 0 Å². The van der Waals surface area contributed by atoms with Crippen molar-refractivity contribution in [3.8, 4) is 0 Å². The summed E-state index contributed by atoms with van der Waals surface area (Å²) in [5.74, 6) is -0.102. The van der Waals surface area contributed by atoms with Gasteiger partial charge in [-0.2, -0.15) is 0 Å². The van der Waals surface area contributed by atoms with E-state index in [0.717, 1.165) is 12.0 Å². The van der Waals surface area contributed by atoms with Crippen LogP contribution in [0.5, 0.6) is 0 Å². The van der Waals surface area contributed by atoms with Crippen molar-refractivity contribution in [1.29, 1.82) is 0 Å². The van der Waals surface area contributed by atoms with Gasteiger partial charge in [-0.05, 0) is 36.5 Å². The lowest BCUT2D eigenvalue weighted by molar-refractivity contribution is -0.482. The minimum atomic E-state index is -0.329. The molecule has 1 unspecified atom stereocenters. The molecule has 1 aromatic carbocycles. The van der Waals surface area contributed by atoms with Crippen molar-refractivity contribution in [2.24, 2.45) is 5.92 Å². The molecule has 3 nitrogen and oxygen atoms in total. The average Bonchev–Trinajstić information content (AvgIpc) is 2.25. The summed E-state index contributed by atoms with van der Waals surface area (Å²) >= 11 is 0. The van der Waals surface area contributed by atoms with Gasteiger partial charge >= 0.3 is 0 Å². The molecular weight excluding hydrogens is 221 g/mol. The van der Waals surface area contributed by atoms with Crippen LogP contribution in [-0.4, -0.2) is 11.5 Å². The first-order valence-electron chi connectivity index (χ1n) is 5.69. The molecular formula is C13H17FNO2. The van der Waals surface area contributed by atoms with Crippen LogP contribution in [0.25, 0.3) is 0 Å². The largest absolute Gasteiger partial charge is 0.265 e. The Morgan fingerprint density at radius 3 is 2.41 bits per heavy atom. The fraction of sp³-hybridized carbons (Fsp3) is 0.462. The Morgan fingerprint density at radius 1 is 1.35 bits per heavy atom. The molecule has 0 amide bonds. The SMILES string of the molecule is CC(C)C[CH]C(C[N+](=O)[O-])c1ccc(F)cc1. The lowest BCUT2D eigenvalue weighted by Gasteiger charge is -2.14. The first-order chi connectivity index (χ1) is 7.99. The van der Waals surface area contributed by atoms with E-state index in [4.69, 9.17) is 0 Å². The van der Waals surface area contributed by atoms with Crippen LogP contribution in [0.3, 0.4) is 0 Å². The van der Waals surface area contributed by atoms with Crippen molar-refractivity contribution >= 4 is 0 Å². The number of rotatable bonds is 6. The lowest BCUT2D eigenvalue weighted by Crippen LogP contribution is -2.14. The molecule has 4 heteroatoms. The maximum atomic E-state index is 12.8. The van der Waals surface area contributed by atoms with Crippen LogP contribution in [0, 0.1) is 28.3 Å². The van der Waals surface area contributed by atoms with Gasteiger partial charge in [0.25, 0.3) is 0 Å². The topological polar surface area (TPSA) is 43.1 Å². The Morgan fingerprint density at radius 2 is 1.94 bits per heavy atom. The second-order valence-corrected chi connectivity index (χ2v) is 4.54. The van der Waals surface area contributed by atoms with Crippen molar-refractivity contribution in [2.45, 2.75) is 26.2 Å². The quantitative estimate of drug-likeness (QED) is 0.563. The Kier molecular flexibility index (Phi) is 5.07. The highest BCUT2D eigenvalue weighted by Gasteiger charge is 2.18. The Bertz CT molecular complexity index is 362. The third kappa shape index (κ3) is 4.93. The van der Waals surface area contributed by atoms with Crippen molar-refractivity contribution in [1.82, 2.24) is 0 Å². The third-order valence-corrected chi connectivity index (χ3v) is 2.54. The monoisotopic (exact) mass is 238 g/mol. The number of benzene rings is 1. The van der Waals surface area contributed by atoms with Gasteiger partial charge in [0.2, 0.25) is 6.54 Å². The Labute approximate surface area is 101 Å². The summed E-state index contributed by atoms with van der Waals surface area (Å²) in [4.78, 5) is 10.3. The number of nitrogens with zero attached hydrogens (tertiary/aromatic N) is 1. The molecule has 0 heterocycles. The maximum Gasteiger partial charge on any atom is 0.210 e. The van der Waals surface area contributed by atoms with Crippen LogP contribution in [0.2, 0.25) is 0 Å². The molecule has 0 aliphatic carbocycles. The zero-order valence-corrected chi connectivity index (χ0v) is 10.1. The lowest BCUT2D eigenvalue weighted by atomic mass is 9.91. The molecule has 0 fully saturated rings. The predicted molar refractivity (Wildman–Crippen MR) is 64.8 cm³/mol. The van der Waals surface area contributed by atoms with Gasteiger partial charge in [0, 0.05) is 4.92 Å². The number of halogens is 1. The fourth-order valence-electron chi connectivity index (χ4n) is 1.62. The van der Waals surface area contributed by atoms with E-state index in [1.54, 1.807) is 12.1 Å². The van der Waals surface area contributed by atoms with Gasteiger partial charge in [0.1, 0.15) is 5.82 Å². The summed E-state index contributed by atoms with van der Waals surface area (Å²) in [7, 11) is 0. The van der Waals surface area contributed by atoms with Crippen LogP contribution in [0.4, 0.5) is 4.39 Å². The van der Waals surface area contributed by atoms with Gasteiger partial charge in [-0.25, -0.2) is 4.39 Å². The summed E-state index contributed by atoms with van der Waals surface area (Å²) in [6.45, 7) is 3.98. The molecule has 93 valence electrons. The van der Waals surface area contributed by atoms with E-state index in [1.807, 2.05) is 6.42 Å². The van der Waals surface area contributed by atoms with Gasteiger partial charge in [-0.1, -0.05) is 26.0 Å². The minimum absolute atomic E-state index is 0.141. The number of hydrogen-bond donors (Lipinski definition) is 0. The molecule has 1 aromatic rings. The zero-order chi connectivity index (χ0) is 12.8. The molecule has 1 rings (SSSR count). The highest BCUT2D eigenvalue weighted by atomic mass is 19.1. The summed E-state index contributed by atoms with van der Waals surface area (Å²) in [5.41, 5.74) is 0.795. The van der Waals surface area contributed by atoms with Gasteiger partial charge in [0.05, 0.1) is 5.92 Å². The highest BCUT2D eigenvalue weighted by molar-refractivity contribution is 5.23. The molecule has 1 atom stereocenters. The van der Waals surface area contributed by atoms with Gasteiger partial charge < -0.3 is 0 Å². The fourth-order valence-corrected chi connectivity index (χ4v) is 1.62. The molecule has 1 radical (unpaired) electrons. The van der Waals surface area contributed by atoms with E-state index in [9.17, 15) is 14.5 Å². The first kappa shape index (κ1) is 13.6. The van der Waals surface area contributed by atoms with E-state index in [-0.39, 0.29) is 23.2 Å². The smallest absolute Gasteiger partial charge is 0.210 e. The van der Waals surface area contributed by atoms with Crippen molar-refractivity contribution in [3.63, 3.8) is 0 Å². The Hall–Kier alpha value is -1.45. The Balaban J connectivity index is 2.74. The van der Waals surface area contributed by atoms with Crippen LogP contribution >= 0.6 is 0 Å². The summed E-state index contributed by atoms with van der Waals surface area (Å²) < 4.78 is 12.8. The summed E-state index contributed by atoms with van der Waals surface area (Å²) in [6, 6.07) is 5.90. The van der Waals surface area contributed by atoms with E-state index in [0.29, 0.717) is 5.92 Å².